The third-order valence-electron chi connectivity index (χ3n) is 12.4. The quantitative estimate of drug-likeness (QED) is 0.0859. The van der Waals surface area contributed by atoms with E-state index in [9.17, 15) is 44.2 Å². The zero-order chi connectivity index (χ0) is 46.7. The lowest BCUT2D eigenvalue weighted by Gasteiger charge is -2.49. The maximum absolute atomic E-state index is 14.8. The molecule has 19 heteroatoms. The van der Waals surface area contributed by atoms with E-state index in [2.05, 4.69) is 49.8 Å². The molecule has 3 saturated heterocycles. The molecule has 0 spiro atoms. The van der Waals surface area contributed by atoms with Crippen molar-refractivity contribution in [1.29, 1.82) is 0 Å². The number of likely N-dealkylation sites (N-methyl/N-ethyl adjacent to an activating group) is 2. The van der Waals surface area contributed by atoms with Crippen molar-refractivity contribution in [2.75, 3.05) is 60.5 Å². The number of carbonyl (C=O) groups excluding carboxylic acids is 6. The Labute approximate surface area is 367 Å². The number of amides is 5. The molecule has 6 N–H and O–H groups in total. The Hall–Kier alpha value is -3.72. The molecular formula is C43H75N7O12. The maximum atomic E-state index is 14.8. The van der Waals surface area contributed by atoms with Gasteiger partial charge in [-0.3, -0.25) is 44.3 Å². The van der Waals surface area contributed by atoms with Crippen LogP contribution in [-0.2, 0) is 43.0 Å². The number of rotatable bonds is 13. The highest BCUT2D eigenvalue weighted by Crippen LogP contribution is 2.39. The number of nitrogens with one attached hydrogen (secondary N) is 3. The number of esters is 1. The summed E-state index contributed by atoms with van der Waals surface area (Å²) in [6.07, 6.45) is 3.71. The molecule has 0 bridgehead atoms. The van der Waals surface area contributed by atoms with E-state index in [1.165, 1.54) is 21.0 Å². The van der Waals surface area contributed by atoms with Crippen molar-refractivity contribution < 1.29 is 58.4 Å². The third-order valence-corrected chi connectivity index (χ3v) is 12.4. The van der Waals surface area contributed by atoms with Gasteiger partial charge in [0.15, 0.2) is 5.79 Å². The lowest BCUT2D eigenvalue weighted by molar-refractivity contribution is -0.336. The van der Waals surface area contributed by atoms with Crippen LogP contribution in [0, 0.1) is 23.7 Å². The summed E-state index contributed by atoms with van der Waals surface area (Å²) in [5.41, 5.74) is 1.68. The Kier molecular flexibility index (Phi) is 19.8. The monoisotopic (exact) mass is 882 g/mol. The van der Waals surface area contributed by atoms with Gasteiger partial charge in [0.2, 0.25) is 17.7 Å². The van der Waals surface area contributed by atoms with Crippen LogP contribution in [0.2, 0.25) is 0 Å². The van der Waals surface area contributed by atoms with Crippen molar-refractivity contribution >= 4 is 35.5 Å². The number of allylic oxidation sites excluding steroid dienone is 1. The highest BCUT2D eigenvalue weighted by molar-refractivity contribution is 5.93. The molecule has 62 heavy (non-hydrogen) atoms. The summed E-state index contributed by atoms with van der Waals surface area (Å²) in [5.74, 6) is -6.24. The van der Waals surface area contributed by atoms with Crippen LogP contribution >= 0.6 is 0 Å². The fraction of sp³-hybridized carbons (Fsp3) is 0.814. The molecule has 0 aliphatic carbocycles. The Bertz CT molecular complexity index is 1600. The van der Waals surface area contributed by atoms with Crippen molar-refractivity contribution in [3.8, 4) is 0 Å². The molecule has 3 heterocycles. The molecule has 3 rings (SSSR count). The molecule has 5 amide bonds. The van der Waals surface area contributed by atoms with Crippen LogP contribution < -0.4 is 16.1 Å². The predicted molar refractivity (Wildman–Crippen MR) is 227 cm³/mol. The zero-order valence-corrected chi connectivity index (χ0v) is 38.8. The molecule has 19 nitrogen and oxygen atoms in total. The second-order valence-corrected chi connectivity index (χ2v) is 18.4. The minimum Gasteiger partial charge on any atom is -0.459 e. The molecular weight excluding hydrogens is 807 g/mol. The summed E-state index contributed by atoms with van der Waals surface area (Å²) < 4.78 is 18.1. The Morgan fingerprint density at radius 1 is 0.984 bits per heavy atom. The minimum absolute atomic E-state index is 0.0298. The number of hydrogen-bond acceptors (Lipinski definition) is 14. The summed E-state index contributed by atoms with van der Waals surface area (Å²) in [6.45, 7) is 12.9. The second kappa shape index (κ2) is 23.3. The van der Waals surface area contributed by atoms with E-state index in [4.69, 9.17) is 14.2 Å². The van der Waals surface area contributed by atoms with Crippen LogP contribution in [0.15, 0.2) is 11.6 Å². The van der Waals surface area contributed by atoms with Crippen molar-refractivity contribution in [2.45, 2.75) is 142 Å². The van der Waals surface area contributed by atoms with Gasteiger partial charge in [0.05, 0.1) is 19.2 Å². The Balaban J connectivity index is 1.99. The number of methoxy groups -OCH3 is 1. The van der Waals surface area contributed by atoms with E-state index < -0.39 is 116 Å². The van der Waals surface area contributed by atoms with Crippen LogP contribution in [0.5, 0.6) is 0 Å². The maximum Gasteiger partial charge on any atom is 0.325 e. The molecule has 0 aromatic rings. The van der Waals surface area contributed by atoms with Gasteiger partial charge in [-0.15, -0.1) is 0 Å². The lowest BCUT2D eigenvalue weighted by Crippen LogP contribution is -2.68. The van der Waals surface area contributed by atoms with E-state index in [0.717, 1.165) is 39.6 Å². The first kappa shape index (κ1) is 52.6. The second-order valence-electron chi connectivity index (χ2n) is 18.4. The van der Waals surface area contributed by atoms with Gasteiger partial charge in [-0.25, -0.2) is 10.5 Å². The number of fused-ring (bicyclic) bond motifs is 1. The molecule has 0 saturated carbocycles. The van der Waals surface area contributed by atoms with E-state index in [1.54, 1.807) is 21.0 Å². The lowest BCUT2D eigenvalue weighted by atomic mass is 9.83. The van der Waals surface area contributed by atoms with Gasteiger partial charge in [0, 0.05) is 40.7 Å². The fourth-order valence-corrected chi connectivity index (χ4v) is 8.42. The summed E-state index contributed by atoms with van der Waals surface area (Å²) in [7, 11) is 4.18. The van der Waals surface area contributed by atoms with Gasteiger partial charge in [0.25, 0.3) is 11.8 Å². The molecule has 0 radical (unpaired) electrons. The molecule has 0 aromatic heterocycles. The van der Waals surface area contributed by atoms with E-state index >= 15 is 0 Å². The van der Waals surface area contributed by atoms with Gasteiger partial charge < -0.3 is 39.5 Å². The number of hydrazine groups is 1. The van der Waals surface area contributed by atoms with Crippen LogP contribution in [0.1, 0.15) is 100 Å². The van der Waals surface area contributed by atoms with Crippen LogP contribution in [0.3, 0.4) is 0 Å². The first-order valence-electron chi connectivity index (χ1n) is 22.0. The summed E-state index contributed by atoms with van der Waals surface area (Å²) in [5, 5.41) is 41.8. The first-order chi connectivity index (χ1) is 28.9. The number of hydroxylamine groups is 2. The molecule has 10 unspecified atom stereocenters. The molecule has 10 atom stereocenters. The van der Waals surface area contributed by atoms with E-state index in [-0.39, 0.29) is 30.4 Å². The zero-order valence-electron chi connectivity index (χ0n) is 38.8. The number of ether oxygens (including phenoxy) is 3. The normalized spacial score (nSPS) is 29.9. The summed E-state index contributed by atoms with van der Waals surface area (Å²) >= 11 is 0. The van der Waals surface area contributed by atoms with Crippen molar-refractivity contribution in [2.24, 2.45) is 23.7 Å². The van der Waals surface area contributed by atoms with Gasteiger partial charge in [-0.2, -0.15) is 0 Å². The topological polar surface area (TPSA) is 240 Å². The molecule has 0 aromatic carbocycles. The average Bonchev–Trinajstić information content (AvgIpc) is 3.20. The van der Waals surface area contributed by atoms with E-state index in [1.807, 2.05) is 6.92 Å². The SMILES string of the molecule is CCC(C)CC(C)CC(C)/C=C(\C)C1OC(O)(C(C)(O)CNC2C(=O)N3NCCCC3C(=O)N(O)CC(=O)N(C)CC(=O)NCC(=O)N(C)CC(=O)OC2C(C)C)CCC1OC. The number of carbonyl (C=O) groups is 6. The number of cyclic esters (lactones) is 1. The van der Waals surface area contributed by atoms with Crippen LogP contribution in [-0.4, -0.2) is 173 Å². The van der Waals surface area contributed by atoms with Crippen molar-refractivity contribution in [1.82, 2.24) is 35.9 Å². The first-order valence-corrected chi connectivity index (χ1v) is 22.0. The summed E-state index contributed by atoms with van der Waals surface area (Å²) in [6, 6.07) is -2.81. The number of aliphatic hydroxyl groups is 2. The fourth-order valence-electron chi connectivity index (χ4n) is 8.42. The largest absolute Gasteiger partial charge is 0.459 e. The average molecular weight is 882 g/mol. The van der Waals surface area contributed by atoms with Gasteiger partial charge in [-0.05, 0) is 75.2 Å². The Morgan fingerprint density at radius 3 is 2.27 bits per heavy atom. The molecule has 3 aliphatic heterocycles. The van der Waals surface area contributed by atoms with Crippen LogP contribution in [0.4, 0.5) is 0 Å². The number of nitrogens with zero attached hydrogens (tertiary/aromatic N) is 4. The Morgan fingerprint density at radius 2 is 1.65 bits per heavy atom. The standard InChI is InChI=1S/C43H75N7O12/c1-12-27(4)18-28(5)19-29(6)20-30(7)39-32(60-11)15-16-43(58,62-39)42(8,57)25-45-37-38(26(2)3)61-36(54)24-48(10)34(52)21-44-33(51)22-47(9)35(53)23-49(59)40(55)31-14-13-17-46-50(31)41(37)56/h20,26-29,31-32,37-39,45-46,57-59H,12-19,21-25H2,1-11H3,(H,44,51)/b30-20+. The highest BCUT2D eigenvalue weighted by atomic mass is 16.7. The molecule has 354 valence electrons. The van der Waals surface area contributed by atoms with Crippen molar-refractivity contribution in [3.63, 3.8) is 0 Å². The van der Waals surface area contributed by atoms with Crippen molar-refractivity contribution in [3.05, 3.63) is 11.6 Å². The highest BCUT2D eigenvalue weighted by Gasteiger charge is 2.54. The molecule has 3 fully saturated rings. The molecule has 3 aliphatic rings. The smallest absolute Gasteiger partial charge is 0.325 e. The predicted octanol–water partition coefficient (Wildman–Crippen LogP) is 0.951. The third kappa shape index (κ3) is 14.1. The van der Waals surface area contributed by atoms with Crippen LogP contribution in [0.25, 0.3) is 0 Å². The van der Waals surface area contributed by atoms with Gasteiger partial charge >= 0.3 is 5.97 Å². The number of hydrogen-bond donors (Lipinski definition) is 6. The summed E-state index contributed by atoms with van der Waals surface area (Å²) in [4.78, 5) is 82.4. The van der Waals surface area contributed by atoms with Gasteiger partial charge in [0.1, 0.15) is 43.0 Å². The minimum atomic E-state index is -2.15. The van der Waals surface area contributed by atoms with E-state index in [0.29, 0.717) is 24.7 Å². The van der Waals surface area contributed by atoms with Gasteiger partial charge in [-0.1, -0.05) is 54.0 Å².